The molecule has 20 heavy (non-hydrogen) atoms. The highest BCUT2D eigenvalue weighted by Gasteiger charge is 2.60. The Morgan fingerprint density at radius 2 is 1.35 bits per heavy atom. The highest BCUT2D eigenvalue weighted by molar-refractivity contribution is 9.24. The average molecular weight is 410 g/mol. The summed E-state index contributed by atoms with van der Waals surface area (Å²) in [6, 6.07) is 0. The summed E-state index contributed by atoms with van der Waals surface area (Å²) < 4.78 is -0.327. The van der Waals surface area contributed by atoms with Crippen molar-refractivity contribution >= 4 is 55.0 Å². The minimum absolute atomic E-state index is 0.327. The zero-order valence-corrected chi connectivity index (χ0v) is 15.3. The number of rotatable bonds is 3. The van der Waals surface area contributed by atoms with Crippen molar-refractivity contribution in [3.05, 3.63) is 0 Å². The Labute approximate surface area is 135 Å². The van der Waals surface area contributed by atoms with Gasteiger partial charge in [0.2, 0.25) is 0 Å². The predicted molar refractivity (Wildman–Crippen MR) is 81.9 cm³/mol. The lowest BCUT2D eigenvalue weighted by Crippen LogP contribution is -2.60. The molecular weight excluding hydrogens is 392 g/mol. The summed E-state index contributed by atoms with van der Waals surface area (Å²) in [5.41, 5.74) is -2.63. The van der Waals surface area contributed by atoms with Crippen LogP contribution in [-0.4, -0.2) is 26.9 Å². The van der Waals surface area contributed by atoms with E-state index in [-0.39, 0.29) is 3.74 Å². The molecule has 4 nitrogen and oxygen atoms in total. The van der Waals surface area contributed by atoms with Crippen LogP contribution in [0.2, 0.25) is 0 Å². The zero-order valence-electron chi connectivity index (χ0n) is 12.1. The summed E-state index contributed by atoms with van der Waals surface area (Å²) in [7, 11) is 0. The topological polar surface area (TPSA) is 68.3 Å². The fourth-order valence-electron chi connectivity index (χ4n) is 2.49. The van der Waals surface area contributed by atoms with E-state index < -0.39 is 45.8 Å². The molecule has 1 aliphatic rings. The number of ketones is 4. The molecule has 0 radical (unpaired) electrons. The van der Waals surface area contributed by atoms with E-state index in [0.717, 1.165) is 0 Å². The molecular formula is C14H18Br2O4. The molecule has 6 heteroatoms. The van der Waals surface area contributed by atoms with Gasteiger partial charge in [0.05, 0.1) is 14.6 Å². The fraction of sp³-hybridized carbons (Fsp3) is 0.714. The number of hydrogen-bond donors (Lipinski definition) is 0. The van der Waals surface area contributed by atoms with E-state index in [1.165, 1.54) is 27.7 Å². The van der Waals surface area contributed by atoms with Gasteiger partial charge in [-0.15, -0.1) is 0 Å². The van der Waals surface area contributed by atoms with Crippen LogP contribution in [0.15, 0.2) is 0 Å². The van der Waals surface area contributed by atoms with Crippen molar-refractivity contribution in [2.75, 3.05) is 0 Å². The molecule has 0 amide bonds. The van der Waals surface area contributed by atoms with Gasteiger partial charge in [-0.2, -0.15) is 0 Å². The van der Waals surface area contributed by atoms with Gasteiger partial charge < -0.3 is 0 Å². The third kappa shape index (κ3) is 2.56. The molecule has 0 heterocycles. The quantitative estimate of drug-likeness (QED) is 0.530. The molecule has 0 spiro atoms. The summed E-state index contributed by atoms with van der Waals surface area (Å²) in [6.45, 7) is 7.56. The first kappa shape index (κ1) is 17.7. The molecule has 1 atom stereocenters. The zero-order chi connectivity index (χ0) is 16.0. The summed E-state index contributed by atoms with van der Waals surface area (Å²) in [5, 5.41) is 0. The Morgan fingerprint density at radius 3 is 1.65 bits per heavy atom. The van der Waals surface area contributed by atoms with Crippen LogP contribution in [0.5, 0.6) is 0 Å². The molecule has 1 rings (SSSR count). The molecule has 0 aromatic rings. The lowest BCUT2D eigenvalue weighted by Gasteiger charge is -2.40. The van der Waals surface area contributed by atoms with Crippen LogP contribution >= 0.6 is 31.9 Å². The average Bonchev–Trinajstić information content (AvgIpc) is 2.34. The molecule has 0 aliphatic heterocycles. The third-order valence-electron chi connectivity index (χ3n) is 4.00. The van der Waals surface area contributed by atoms with E-state index in [2.05, 4.69) is 31.9 Å². The predicted octanol–water partition coefficient (Wildman–Crippen LogP) is 2.70. The number of hydrogen-bond acceptors (Lipinski definition) is 4. The SMILES string of the molecule is CC(C(=O)C1C(=O)C(C)(C)C(=O)C(C)(C)C1=O)C(Br)Br. The molecule has 0 bridgehead atoms. The van der Waals surface area contributed by atoms with Crippen molar-refractivity contribution < 1.29 is 19.2 Å². The number of carbonyl (C=O) groups is 4. The van der Waals surface area contributed by atoms with Crippen LogP contribution in [0.3, 0.4) is 0 Å². The van der Waals surface area contributed by atoms with Gasteiger partial charge in [0.25, 0.3) is 0 Å². The molecule has 112 valence electrons. The maximum atomic E-state index is 12.4. The van der Waals surface area contributed by atoms with Crippen LogP contribution < -0.4 is 0 Å². The number of carbonyl (C=O) groups excluding carboxylic acids is 4. The molecule has 1 aliphatic carbocycles. The van der Waals surface area contributed by atoms with Crippen molar-refractivity contribution in [1.29, 1.82) is 0 Å². The Bertz CT molecular complexity index is 461. The highest BCUT2D eigenvalue weighted by atomic mass is 79.9. The van der Waals surface area contributed by atoms with Crippen molar-refractivity contribution in [3.8, 4) is 0 Å². The molecule has 1 unspecified atom stereocenters. The van der Waals surface area contributed by atoms with Gasteiger partial charge >= 0.3 is 0 Å². The smallest absolute Gasteiger partial charge is 0.163 e. The Balaban J connectivity index is 3.33. The molecule has 0 saturated heterocycles. The maximum absolute atomic E-state index is 12.4. The Hall–Kier alpha value is -0.360. The first-order valence-electron chi connectivity index (χ1n) is 6.32. The first-order valence-corrected chi connectivity index (χ1v) is 8.15. The van der Waals surface area contributed by atoms with Gasteiger partial charge in [0, 0.05) is 5.92 Å². The van der Waals surface area contributed by atoms with Crippen LogP contribution in [-0.2, 0) is 19.2 Å². The number of alkyl halides is 2. The van der Waals surface area contributed by atoms with Crippen LogP contribution in [0.4, 0.5) is 0 Å². The fourth-order valence-corrected chi connectivity index (χ4v) is 3.01. The molecule has 0 aromatic heterocycles. The second-order valence-corrected chi connectivity index (χ2v) is 9.47. The van der Waals surface area contributed by atoms with Gasteiger partial charge in [0.15, 0.2) is 23.1 Å². The van der Waals surface area contributed by atoms with E-state index in [1.54, 1.807) is 6.92 Å². The van der Waals surface area contributed by atoms with Crippen LogP contribution in [0.1, 0.15) is 34.6 Å². The monoisotopic (exact) mass is 408 g/mol. The minimum atomic E-state index is -1.36. The molecule has 0 N–H and O–H groups in total. The molecule has 1 saturated carbocycles. The lowest BCUT2D eigenvalue weighted by atomic mass is 9.57. The largest absolute Gasteiger partial charge is 0.298 e. The van der Waals surface area contributed by atoms with E-state index >= 15 is 0 Å². The molecule has 1 fully saturated rings. The molecule has 0 aromatic carbocycles. The Morgan fingerprint density at radius 1 is 1.00 bits per heavy atom. The lowest BCUT2D eigenvalue weighted by molar-refractivity contribution is -0.162. The second-order valence-electron chi connectivity index (χ2n) is 6.27. The van der Waals surface area contributed by atoms with E-state index in [4.69, 9.17) is 0 Å². The van der Waals surface area contributed by atoms with Gasteiger partial charge in [-0.05, 0) is 27.7 Å². The van der Waals surface area contributed by atoms with E-state index in [0.29, 0.717) is 0 Å². The van der Waals surface area contributed by atoms with Crippen LogP contribution in [0.25, 0.3) is 0 Å². The summed E-state index contributed by atoms with van der Waals surface area (Å²) >= 11 is 6.44. The van der Waals surface area contributed by atoms with E-state index in [1.807, 2.05) is 0 Å². The van der Waals surface area contributed by atoms with Gasteiger partial charge in [-0.3, -0.25) is 19.2 Å². The standard InChI is InChI=1S/C14H18Br2O4/c1-6(11(15)16)8(17)7-9(18)13(2,3)12(20)14(4,5)10(7)19/h6-7,11H,1-5H3. The summed E-state index contributed by atoms with van der Waals surface area (Å²) in [5.74, 6) is -3.97. The van der Waals surface area contributed by atoms with Crippen LogP contribution in [0, 0.1) is 22.7 Å². The van der Waals surface area contributed by atoms with Gasteiger partial charge in [-0.25, -0.2) is 0 Å². The van der Waals surface area contributed by atoms with Crippen molar-refractivity contribution in [2.24, 2.45) is 22.7 Å². The van der Waals surface area contributed by atoms with Gasteiger partial charge in [0.1, 0.15) is 5.92 Å². The minimum Gasteiger partial charge on any atom is -0.298 e. The van der Waals surface area contributed by atoms with Crippen molar-refractivity contribution in [2.45, 2.75) is 38.4 Å². The normalized spacial score (nSPS) is 24.1. The highest BCUT2D eigenvalue weighted by Crippen LogP contribution is 2.42. The number of Topliss-reactive ketones (excluding diaryl/α,β-unsaturated/α-hetero) is 4. The first-order chi connectivity index (χ1) is 8.86. The third-order valence-corrected chi connectivity index (χ3v) is 5.59. The van der Waals surface area contributed by atoms with E-state index in [9.17, 15) is 19.2 Å². The second kappa shape index (κ2) is 5.44. The summed E-state index contributed by atoms with van der Waals surface area (Å²) in [4.78, 5) is 49.6. The van der Waals surface area contributed by atoms with Crippen molar-refractivity contribution in [1.82, 2.24) is 0 Å². The van der Waals surface area contributed by atoms with Crippen molar-refractivity contribution in [3.63, 3.8) is 0 Å². The van der Waals surface area contributed by atoms with Gasteiger partial charge in [-0.1, -0.05) is 38.8 Å². The summed E-state index contributed by atoms with van der Waals surface area (Å²) in [6.07, 6.45) is 0. The maximum Gasteiger partial charge on any atom is 0.163 e. The number of halogens is 2. The Kier molecular flexibility index (Phi) is 4.82.